The number of esters is 1. The second-order valence-corrected chi connectivity index (χ2v) is 4.31. The molecule has 0 fully saturated rings. The summed E-state index contributed by atoms with van der Waals surface area (Å²) in [7, 11) is 1.23. The van der Waals surface area contributed by atoms with E-state index < -0.39 is 17.7 Å². The van der Waals surface area contributed by atoms with Crippen LogP contribution in [0.3, 0.4) is 0 Å². The molecule has 0 atom stereocenters. The van der Waals surface area contributed by atoms with Crippen LogP contribution in [0.5, 0.6) is 0 Å². The Morgan fingerprint density at radius 2 is 2.11 bits per heavy atom. The van der Waals surface area contributed by atoms with E-state index in [1.54, 1.807) is 0 Å². The van der Waals surface area contributed by atoms with E-state index in [4.69, 9.17) is 11.6 Å². The molecule has 0 bridgehead atoms. The van der Waals surface area contributed by atoms with E-state index in [1.165, 1.54) is 30.2 Å². The van der Waals surface area contributed by atoms with Crippen LogP contribution in [0.25, 0.3) is 0 Å². The molecule has 0 unspecified atom stereocenters. The lowest BCUT2D eigenvalue weighted by Gasteiger charge is -2.21. The molecule has 1 aromatic carbocycles. The summed E-state index contributed by atoms with van der Waals surface area (Å²) in [4.78, 5) is 24.7. The molecule has 0 saturated carbocycles. The van der Waals surface area contributed by atoms with Gasteiger partial charge in [-0.3, -0.25) is 9.59 Å². The molecule has 0 aliphatic carbocycles. The molecule has 0 N–H and O–H groups in total. The lowest BCUT2D eigenvalue weighted by Crippen LogP contribution is -2.37. The van der Waals surface area contributed by atoms with Crippen LogP contribution in [0.4, 0.5) is 4.39 Å². The number of nitrogens with zero attached hydrogens (tertiary/aromatic N) is 1. The normalized spacial score (nSPS) is 10.1. The highest BCUT2D eigenvalue weighted by Crippen LogP contribution is 2.19. The van der Waals surface area contributed by atoms with E-state index in [0.29, 0.717) is 13.0 Å². The standard InChI is InChI=1S/C13H15ClFNO3/c1-3-7-16(8-11(17)19-2)13(18)9-5-4-6-10(14)12(9)15/h4-6H,3,7-8H2,1-2H3. The van der Waals surface area contributed by atoms with Gasteiger partial charge in [0.25, 0.3) is 5.91 Å². The summed E-state index contributed by atoms with van der Waals surface area (Å²) in [5.41, 5.74) is -0.148. The Hall–Kier alpha value is -1.62. The zero-order valence-electron chi connectivity index (χ0n) is 10.8. The second-order valence-electron chi connectivity index (χ2n) is 3.90. The summed E-state index contributed by atoms with van der Waals surface area (Å²) in [6.45, 7) is 1.97. The molecule has 1 aromatic rings. The van der Waals surface area contributed by atoms with E-state index in [1.807, 2.05) is 6.92 Å². The van der Waals surface area contributed by atoms with E-state index in [9.17, 15) is 14.0 Å². The van der Waals surface area contributed by atoms with Crippen molar-refractivity contribution in [1.29, 1.82) is 0 Å². The SMILES string of the molecule is CCCN(CC(=O)OC)C(=O)c1cccc(Cl)c1F. The van der Waals surface area contributed by atoms with Gasteiger partial charge in [-0.25, -0.2) is 4.39 Å². The summed E-state index contributed by atoms with van der Waals surface area (Å²) in [5.74, 6) is -1.91. The van der Waals surface area contributed by atoms with Crippen molar-refractivity contribution < 1.29 is 18.7 Å². The topological polar surface area (TPSA) is 46.6 Å². The molecule has 0 radical (unpaired) electrons. The molecule has 4 nitrogen and oxygen atoms in total. The lowest BCUT2D eigenvalue weighted by molar-refractivity contribution is -0.141. The number of hydrogen-bond donors (Lipinski definition) is 0. The Labute approximate surface area is 116 Å². The summed E-state index contributed by atoms with van der Waals surface area (Å²) < 4.78 is 18.3. The molecule has 0 aromatic heterocycles. The zero-order chi connectivity index (χ0) is 14.4. The third kappa shape index (κ3) is 3.92. The van der Waals surface area contributed by atoms with Crippen molar-refractivity contribution in [3.05, 3.63) is 34.6 Å². The maximum atomic E-state index is 13.8. The van der Waals surface area contributed by atoms with Crippen LogP contribution in [0.1, 0.15) is 23.7 Å². The second kappa shape index (κ2) is 7.09. The van der Waals surface area contributed by atoms with Gasteiger partial charge in [0.2, 0.25) is 0 Å². The van der Waals surface area contributed by atoms with Crippen LogP contribution in [0, 0.1) is 5.82 Å². The van der Waals surface area contributed by atoms with Crippen molar-refractivity contribution in [1.82, 2.24) is 4.90 Å². The fourth-order valence-electron chi connectivity index (χ4n) is 1.58. The number of rotatable bonds is 5. The van der Waals surface area contributed by atoms with Crippen molar-refractivity contribution in [2.45, 2.75) is 13.3 Å². The van der Waals surface area contributed by atoms with Gasteiger partial charge in [-0.05, 0) is 18.6 Å². The summed E-state index contributed by atoms with van der Waals surface area (Å²) >= 11 is 5.64. The average Bonchev–Trinajstić information content (AvgIpc) is 2.40. The van der Waals surface area contributed by atoms with Crippen molar-refractivity contribution in [2.75, 3.05) is 20.2 Å². The highest BCUT2D eigenvalue weighted by Gasteiger charge is 2.22. The Bertz CT molecular complexity index is 479. The first kappa shape index (κ1) is 15.4. The first-order valence-corrected chi connectivity index (χ1v) is 6.19. The maximum Gasteiger partial charge on any atom is 0.325 e. The molecule has 0 spiro atoms. The van der Waals surface area contributed by atoms with Gasteiger partial charge in [0.1, 0.15) is 6.54 Å². The predicted molar refractivity (Wildman–Crippen MR) is 69.6 cm³/mol. The van der Waals surface area contributed by atoms with Gasteiger partial charge in [-0.15, -0.1) is 0 Å². The largest absolute Gasteiger partial charge is 0.468 e. The highest BCUT2D eigenvalue weighted by molar-refractivity contribution is 6.31. The fraction of sp³-hybridized carbons (Fsp3) is 0.385. The number of methoxy groups -OCH3 is 1. The smallest absolute Gasteiger partial charge is 0.325 e. The molecule has 19 heavy (non-hydrogen) atoms. The Kier molecular flexibility index (Phi) is 5.76. The molecule has 1 amide bonds. The third-order valence-electron chi connectivity index (χ3n) is 2.51. The monoisotopic (exact) mass is 287 g/mol. The third-order valence-corrected chi connectivity index (χ3v) is 2.80. The molecule has 0 aliphatic heterocycles. The Morgan fingerprint density at radius 3 is 2.68 bits per heavy atom. The van der Waals surface area contributed by atoms with Crippen molar-refractivity contribution in [2.24, 2.45) is 0 Å². The van der Waals surface area contributed by atoms with Crippen molar-refractivity contribution in [3.63, 3.8) is 0 Å². The molecule has 104 valence electrons. The molecular weight excluding hydrogens is 273 g/mol. The van der Waals surface area contributed by atoms with Crippen LogP contribution in [0.15, 0.2) is 18.2 Å². The Morgan fingerprint density at radius 1 is 1.42 bits per heavy atom. The first-order valence-electron chi connectivity index (χ1n) is 5.81. The number of carbonyl (C=O) groups is 2. The first-order chi connectivity index (χ1) is 9.01. The van der Waals surface area contributed by atoms with Gasteiger partial charge in [0, 0.05) is 6.54 Å². The molecule has 6 heteroatoms. The molecule has 1 rings (SSSR count). The van der Waals surface area contributed by atoms with Gasteiger partial charge in [-0.1, -0.05) is 24.6 Å². The zero-order valence-corrected chi connectivity index (χ0v) is 11.5. The van der Waals surface area contributed by atoms with E-state index in [0.717, 1.165) is 0 Å². The summed E-state index contributed by atoms with van der Waals surface area (Å²) in [5, 5.41) is -0.125. The predicted octanol–water partition coefficient (Wildman–Crippen LogP) is 2.50. The Balaban J connectivity index is 2.98. The van der Waals surface area contributed by atoms with Gasteiger partial charge in [0.15, 0.2) is 5.82 Å². The maximum absolute atomic E-state index is 13.8. The minimum absolute atomic E-state index is 0.125. The molecule has 0 heterocycles. The van der Waals surface area contributed by atoms with Gasteiger partial charge >= 0.3 is 5.97 Å². The quantitative estimate of drug-likeness (QED) is 0.782. The average molecular weight is 288 g/mol. The molecule has 0 aliphatic rings. The van der Waals surface area contributed by atoms with Crippen molar-refractivity contribution >= 4 is 23.5 Å². The van der Waals surface area contributed by atoms with Crippen LogP contribution in [0.2, 0.25) is 5.02 Å². The summed E-state index contributed by atoms with van der Waals surface area (Å²) in [6, 6.07) is 4.18. The summed E-state index contributed by atoms with van der Waals surface area (Å²) in [6.07, 6.45) is 0.644. The highest BCUT2D eigenvalue weighted by atomic mass is 35.5. The van der Waals surface area contributed by atoms with Crippen molar-refractivity contribution in [3.8, 4) is 0 Å². The van der Waals surface area contributed by atoms with E-state index in [-0.39, 0.29) is 17.1 Å². The number of hydrogen-bond acceptors (Lipinski definition) is 3. The minimum Gasteiger partial charge on any atom is -0.468 e. The number of ether oxygens (including phenoxy) is 1. The number of carbonyl (C=O) groups excluding carboxylic acids is 2. The van der Waals surface area contributed by atoms with Crippen LogP contribution in [-0.4, -0.2) is 37.0 Å². The minimum atomic E-state index is -0.778. The van der Waals surface area contributed by atoms with Crippen LogP contribution >= 0.6 is 11.6 Å². The van der Waals surface area contributed by atoms with Crippen LogP contribution in [-0.2, 0) is 9.53 Å². The van der Waals surface area contributed by atoms with Gasteiger partial charge in [-0.2, -0.15) is 0 Å². The van der Waals surface area contributed by atoms with Crippen LogP contribution < -0.4 is 0 Å². The van der Waals surface area contributed by atoms with Gasteiger partial charge < -0.3 is 9.64 Å². The van der Waals surface area contributed by atoms with Gasteiger partial charge in [0.05, 0.1) is 17.7 Å². The number of benzene rings is 1. The number of amides is 1. The van der Waals surface area contributed by atoms with E-state index in [2.05, 4.69) is 4.74 Å². The molecule has 0 saturated heterocycles. The molecular formula is C13H15ClFNO3. The number of halogens is 2. The van der Waals surface area contributed by atoms with E-state index >= 15 is 0 Å². The lowest BCUT2D eigenvalue weighted by atomic mass is 10.1. The fourth-order valence-corrected chi connectivity index (χ4v) is 1.76.